The molecule has 1 N–H and O–H groups in total. The van der Waals surface area contributed by atoms with Gasteiger partial charge >= 0.3 is 0 Å². The maximum absolute atomic E-state index is 12.4. The molecular formula is C18H15N3OS. The van der Waals surface area contributed by atoms with Gasteiger partial charge in [0, 0.05) is 10.4 Å². The molecule has 5 heteroatoms. The molecular weight excluding hydrogens is 306 g/mol. The number of aryl methyl sites for hydroxylation is 1. The molecule has 1 atom stereocenters. The van der Waals surface area contributed by atoms with Crippen molar-refractivity contribution in [2.24, 2.45) is 5.92 Å². The summed E-state index contributed by atoms with van der Waals surface area (Å²) < 4.78 is 0. The number of rotatable bonds is 2. The highest BCUT2D eigenvalue weighted by molar-refractivity contribution is 7.16. The molecule has 0 saturated heterocycles. The number of carbonyl (C=O) groups is 1. The molecule has 3 rings (SSSR count). The number of anilines is 1. The third kappa shape index (κ3) is 2.97. The molecule has 0 bridgehead atoms. The van der Waals surface area contributed by atoms with E-state index in [9.17, 15) is 10.1 Å². The van der Waals surface area contributed by atoms with Gasteiger partial charge in [-0.15, -0.1) is 11.3 Å². The van der Waals surface area contributed by atoms with E-state index in [4.69, 9.17) is 5.26 Å². The first-order chi connectivity index (χ1) is 11.1. The van der Waals surface area contributed by atoms with Gasteiger partial charge in [0.25, 0.3) is 5.91 Å². The second-order valence-corrected chi connectivity index (χ2v) is 6.92. The summed E-state index contributed by atoms with van der Waals surface area (Å²) in [5.41, 5.74) is 2.71. The standard InChI is InChI=1S/C18H15N3OS/c1-11-2-7-16-14(8-11)15(10-20)18(23-16)21-17(22)13-5-3-12(9-19)4-6-13/h3-6,11H,2,7-8H2,1H3,(H,21,22)/t11-/m1/s1. The van der Waals surface area contributed by atoms with Crippen LogP contribution in [0, 0.1) is 28.6 Å². The first kappa shape index (κ1) is 15.3. The van der Waals surface area contributed by atoms with Crippen LogP contribution in [-0.4, -0.2) is 5.91 Å². The number of nitrogens with zero attached hydrogens (tertiary/aromatic N) is 2. The molecule has 1 heterocycles. The van der Waals surface area contributed by atoms with Gasteiger partial charge in [-0.1, -0.05) is 6.92 Å². The van der Waals surface area contributed by atoms with E-state index in [1.807, 2.05) is 6.07 Å². The Morgan fingerprint density at radius 1 is 1.26 bits per heavy atom. The average Bonchev–Trinajstić information content (AvgIpc) is 2.91. The maximum atomic E-state index is 12.4. The van der Waals surface area contributed by atoms with Crippen LogP contribution < -0.4 is 5.32 Å². The molecule has 0 unspecified atom stereocenters. The number of fused-ring (bicyclic) bond motifs is 1. The predicted octanol–water partition coefficient (Wildman–Crippen LogP) is 3.87. The lowest BCUT2D eigenvalue weighted by atomic mass is 9.88. The van der Waals surface area contributed by atoms with Crippen LogP contribution in [0.2, 0.25) is 0 Å². The molecule has 1 aliphatic carbocycles. The predicted molar refractivity (Wildman–Crippen MR) is 89.3 cm³/mol. The van der Waals surface area contributed by atoms with E-state index in [1.54, 1.807) is 24.3 Å². The van der Waals surface area contributed by atoms with Crippen LogP contribution >= 0.6 is 11.3 Å². The van der Waals surface area contributed by atoms with Crippen molar-refractivity contribution in [3.63, 3.8) is 0 Å². The summed E-state index contributed by atoms with van der Waals surface area (Å²) in [6.07, 6.45) is 3.01. The van der Waals surface area contributed by atoms with Gasteiger partial charge in [-0.2, -0.15) is 10.5 Å². The van der Waals surface area contributed by atoms with Crippen molar-refractivity contribution in [3.05, 3.63) is 51.4 Å². The molecule has 23 heavy (non-hydrogen) atoms. The van der Waals surface area contributed by atoms with Crippen LogP contribution in [0.3, 0.4) is 0 Å². The number of carbonyl (C=O) groups excluding carboxylic acids is 1. The fraction of sp³-hybridized carbons (Fsp3) is 0.278. The van der Waals surface area contributed by atoms with E-state index in [2.05, 4.69) is 18.3 Å². The molecule has 114 valence electrons. The van der Waals surface area contributed by atoms with E-state index >= 15 is 0 Å². The lowest BCUT2D eigenvalue weighted by molar-refractivity contribution is 0.102. The Balaban J connectivity index is 1.86. The van der Waals surface area contributed by atoms with Gasteiger partial charge < -0.3 is 5.32 Å². The summed E-state index contributed by atoms with van der Waals surface area (Å²) in [5.74, 6) is 0.323. The number of benzene rings is 1. The molecule has 0 saturated carbocycles. The number of nitrogens with one attached hydrogen (secondary N) is 1. The Morgan fingerprint density at radius 2 is 2.00 bits per heavy atom. The molecule has 0 radical (unpaired) electrons. The zero-order valence-electron chi connectivity index (χ0n) is 12.7. The van der Waals surface area contributed by atoms with Crippen LogP contribution in [0.5, 0.6) is 0 Å². The fourth-order valence-electron chi connectivity index (χ4n) is 2.84. The van der Waals surface area contributed by atoms with E-state index in [0.29, 0.717) is 27.6 Å². The minimum absolute atomic E-state index is 0.252. The Morgan fingerprint density at radius 3 is 2.65 bits per heavy atom. The summed E-state index contributed by atoms with van der Waals surface area (Å²) in [6, 6.07) is 10.7. The summed E-state index contributed by atoms with van der Waals surface area (Å²) in [5, 5.41) is 21.8. The van der Waals surface area contributed by atoms with Crippen molar-refractivity contribution in [2.45, 2.75) is 26.2 Å². The van der Waals surface area contributed by atoms with Gasteiger partial charge in [0.1, 0.15) is 11.1 Å². The molecule has 2 aromatic rings. The first-order valence-corrected chi connectivity index (χ1v) is 8.30. The highest BCUT2D eigenvalue weighted by atomic mass is 32.1. The van der Waals surface area contributed by atoms with Crippen LogP contribution in [-0.2, 0) is 12.8 Å². The lowest BCUT2D eigenvalue weighted by Crippen LogP contribution is -2.12. The first-order valence-electron chi connectivity index (χ1n) is 7.48. The average molecular weight is 321 g/mol. The Labute approximate surface area is 139 Å². The van der Waals surface area contributed by atoms with E-state index in [0.717, 1.165) is 24.8 Å². The van der Waals surface area contributed by atoms with Crippen LogP contribution in [0.4, 0.5) is 5.00 Å². The van der Waals surface area contributed by atoms with Gasteiger partial charge in [0.2, 0.25) is 0 Å². The molecule has 0 spiro atoms. The number of amides is 1. The minimum Gasteiger partial charge on any atom is -0.312 e. The monoisotopic (exact) mass is 321 g/mol. The summed E-state index contributed by atoms with van der Waals surface area (Å²) in [6.45, 7) is 2.19. The lowest BCUT2D eigenvalue weighted by Gasteiger charge is -2.17. The molecule has 0 fully saturated rings. The zero-order chi connectivity index (χ0) is 16.4. The van der Waals surface area contributed by atoms with Crippen molar-refractivity contribution in [2.75, 3.05) is 5.32 Å². The topological polar surface area (TPSA) is 76.7 Å². The van der Waals surface area contributed by atoms with Crippen molar-refractivity contribution in [3.8, 4) is 12.1 Å². The largest absolute Gasteiger partial charge is 0.312 e. The van der Waals surface area contributed by atoms with E-state index in [-0.39, 0.29) is 5.91 Å². The number of hydrogen-bond donors (Lipinski definition) is 1. The molecule has 1 aromatic heterocycles. The summed E-state index contributed by atoms with van der Waals surface area (Å²) in [7, 11) is 0. The highest BCUT2D eigenvalue weighted by Crippen LogP contribution is 2.39. The second kappa shape index (κ2) is 6.24. The van der Waals surface area contributed by atoms with Crippen molar-refractivity contribution in [1.29, 1.82) is 10.5 Å². The Kier molecular flexibility index (Phi) is 4.14. The molecule has 1 aromatic carbocycles. The van der Waals surface area contributed by atoms with Crippen molar-refractivity contribution in [1.82, 2.24) is 0 Å². The smallest absolute Gasteiger partial charge is 0.256 e. The molecule has 4 nitrogen and oxygen atoms in total. The van der Waals surface area contributed by atoms with Gasteiger partial charge in [-0.25, -0.2) is 0 Å². The molecule has 0 aliphatic heterocycles. The van der Waals surface area contributed by atoms with Gasteiger partial charge in [-0.05, 0) is 55.0 Å². The summed E-state index contributed by atoms with van der Waals surface area (Å²) >= 11 is 1.51. The summed E-state index contributed by atoms with van der Waals surface area (Å²) in [4.78, 5) is 13.6. The highest BCUT2D eigenvalue weighted by Gasteiger charge is 2.24. The van der Waals surface area contributed by atoms with Gasteiger partial charge in [0.05, 0.1) is 17.2 Å². The van der Waals surface area contributed by atoms with Crippen LogP contribution in [0.1, 0.15) is 45.3 Å². The number of thiophene rings is 1. The van der Waals surface area contributed by atoms with Crippen molar-refractivity contribution >= 4 is 22.2 Å². The van der Waals surface area contributed by atoms with Crippen LogP contribution in [0.15, 0.2) is 24.3 Å². The van der Waals surface area contributed by atoms with E-state index in [1.165, 1.54) is 16.2 Å². The molecule has 1 amide bonds. The maximum Gasteiger partial charge on any atom is 0.256 e. The van der Waals surface area contributed by atoms with Crippen LogP contribution in [0.25, 0.3) is 0 Å². The quantitative estimate of drug-likeness (QED) is 0.912. The normalized spacial score (nSPS) is 16.0. The Bertz CT molecular complexity index is 837. The van der Waals surface area contributed by atoms with E-state index < -0.39 is 0 Å². The Hall–Kier alpha value is -2.63. The third-order valence-corrected chi connectivity index (χ3v) is 5.33. The molecule has 1 aliphatic rings. The zero-order valence-corrected chi connectivity index (χ0v) is 13.5. The van der Waals surface area contributed by atoms with Gasteiger partial charge in [-0.3, -0.25) is 4.79 Å². The second-order valence-electron chi connectivity index (χ2n) is 5.81. The SMILES string of the molecule is C[C@@H]1CCc2sc(NC(=O)c3ccc(C#N)cc3)c(C#N)c2C1. The fourth-order valence-corrected chi connectivity index (χ4v) is 4.03. The van der Waals surface area contributed by atoms with Gasteiger partial charge in [0.15, 0.2) is 0 Å². The third-order valence-electron chi connectivity index (χ3n) is 4.12. The minimum atomic E-state index is -0.252. The van der Waals surface area contributed by atoms with Crippen molar-refractivity contribution < 1.29 is 4.79 Å². The number of hydrogen-bond acceptors (Lipinski definition) is 4. The number of nitriles is 2.